The molecule has 7 nitrogen and oxygen atoms in total. The number of methoxy groups -OCH3 is 1. The lowest BCUT2D eigenvalue weighted by Crippen LogP contribution is -2.39. The smallest absolute Gasteiger partial charge is 0.260 e. The average molecular weight is 401 g/mol. The predicted octanol–water partition coefficient (Wildman–Crippen LogP) is 3.11. The number of aromatic nitrogens is 4. The molecule has 2 aromatic heterocycles. The highest BCUT2D eigenvalue weighted by molar-refractivity contribution is 7.14. The molecule has 1 saturated heterocycles. The second-order valence-electron chi connectivity index (χ2n) is 6.74. The first-order valence-corrected chi connectivity index (χ1v) is 9.83. The van der Waals surface area contributed by atoms with Gasteiger partial charge in [0.25, 0.3) is 5.91 Å². The van der Waals surface area contributed by atoms with Crippen LogP contribution in [0.25, 0.3) is 10.6 Å². The van der Waals surface area contributed by atoms with E-state index in [-0.39, 0.29) is 17.6 Å². The van der Waals surface area contributed by atoms with Crippen molar-refractivity contribution in [3.8, 4) is 16.5 Å². The zero-order valence-corrected chi connectivity index (χ0v) is 16.4. The molecule has 1 fully saturated rings. The van der Waals surface area contributed by atoms with Gasteiger partial charge in [-0.1, -0.05) is 23.5 Å². The maximum absolute atomic E-state index is 14.0. The average Bonchev–Trinajstić information content (AvgIpc) is 3.34. The third-order valence-electron chi connectivity index (χ3n) is 4.82. The Kier molecular flexibility index (Phi) is 5.08. The molecule has 9 heteroatoms. The quantitative estimate of drug-likeness (QED) is 0.672. The third-order valence-corrected chi connectivity index (χ3v) is 5.94. The summed E-state index contributed by atoms with van der Waals surface area (Å²) in [6.45, 7) is 1.22. The maximum atomic E-state index is 14.0. The number of piperidine rings is 1. The van der Waals surface area contributed by atoms with E-state index in [0.29, 0.717) is 35.1 Å². The molecule has 0 radical (unpaired) electrons. The van der Waals surface area contributed by atoms with Crippen molar-refractivity contribution in [1.82, 2.24) is 24.9 Å². The molecule has 3 heterocycles. The number of carbonyl (C=O) groups excluding carboxylic acids is 1. The van der Waals surface area contributed by atoms with Crippen molar-refractivity contribution in [2.75, 3.05) is 20.2 Å². The topological polar surface area (TPSA) is 73.1 Å². The van der Waals surface area contributed by atoms with Gasteiger partial charge in [0.2, 0.25) is 5.88 Å². The van der Waals surface area contributed by atoms with E-state index >= 15 is 0 Å². The Balaban J connectivity index is 1.53. The van der Waals surface area contributed by atoms with Gasteiger partial charge in [0.05, 0.1) is 7.11 Å². The molecular formula is C19H20FN5O2S. The lowest BCUT2D eigenvalue weighted by Gasteiger charge is -2.31. The highest BCUT2D eigenvalue weighted by Crippen LogP contribution is 2.34. The minimum atomic E-state index is -0.311. The van der Waals surface area contributed by atoms with Crippen molar-refractivity contribution in [2.24, 2.45) is 7.05 Å². The molecule has 0 spiro atoms. The SMILES string of the molecule is COc1nn(C)cc1C(=O)N1CCC[C@@H](c2nnc(-c3ccccc3F)s2)C1. The Bertz CT molecular complexity index is 1000. The predicted molar refractivity (Wildman–Crippen MR) is 103 cm³/mol. The first-order chi connectivity index (χ1) is 13.6. The second-order valence-corrected chi connectivity index (χ2v) is 7.75. The summed E-state index contributed by atoms with van der Waals surface area (Å²) in [5.74, 6) is -0.00594. The van der Waals surface area contributed by atoms with Crippen molar-refractivity contribution in [3.05, 3.63) is 46.9 Å². The van der Waals surface area contributed by atoms with E-state index in [9.17, 15) is 9.18 Å². The Morgan fingerprint density at radius 2 is 2.14 bits per heavy atom. The zero-order chi connectivity index (χ0) is 19.7. The van der Waals surface area contributed by atoms with E-state index in [1.165, 1.54) is 24.5 Å². The summed E-state index contributed by atoms with van der Waals surface area (Å²) in [4.78, 5) is 14.8. The molecule has 3 aromatic rings. The molecule has 1 aliphatic heterocycles. The molecule has 1 atom stereocenters. The molecule has 1 aliphatic rings. The summed E-state index contributed by atoms with van der Waals surface area (Å²) in [5, 5.41) is 14.0. The van der Waals surface area contributed by atoms with Gasteiger partial charge in [-0.15, -0.1) is 15.3 Å². The standard InChI is InChI=1S/C19H20FN5O2S/c1-24-11-14(16(23-24)27-2)19(26)25-9-5-6-12(10-25)17-21-22-18(28-17)13-7-3-4-8-15(13)20/h3-4,7-8,11-12H,5-6,9-10H2,1-2H3/t12-/m1/s1. The van der Waals surface area contributed by atoms with Crippen LogP contribution in [0, 0.1) is 5.82 Å². The molecule has 4 rings (SSSR count). The number of nitrogens with zero attached hydrogens (tertiary/aromatic N) is 5. The zero-order valence-electron chi connectivity index (χ0n) is 15.6. The van der Waals surface area contributed by atoms with Crippen LogP contribution in [0.4, 0.5) is 4.39 Å². The van der Waals surface area contributed by atoms with Gasteiger partial charge in [0, 0.05) is 37.8 Å². The van der Waals surface area contributed by atoms with Crippen LogP contribution in [0.1, 0.15) is 34.1 Å². The highest BCUT2D eigenvalue weighted by atomic mass is 32.1. The van der Waals surface area contributed by atoms with Crippen LogP contribution in [0.15, 0.2) is 30.5 Å². The number of aryl methyl sites for hydroxylation is 1. The fourth-order valence-electron chi connectivity index (χ4n) is 3.44. The van der Waals surface area contributed by atoms with Gasteiger partial charge in [-0.25, -0.2) is 4.39 Å². The Morgan fingerprint density at radius 3 is 2.93 bits per heavy atom. The maximum Gasteiger partial charge on any atom is 0.260 e. The number of likely N-dealkylation sites (tertiary alicyclic amines) is 1. The fraction of sp³-hybridized carbons (Fsp3) is 0.368. The number of amides is 1. The van der Waals surface area contributed by atoms with Gasteiger partial charge in [-0.3, -0.25) is 9.48 Å². The number of benzene rings is 1. The fourth-order valence-corrected chi connectivity index (χ4v) is 4.44. The molecule has 28 heavy (non-hydrogen) atoms. The van der Waals surface area contributed by atoms with Crippen molar-refractivity contribution in [2.45, 2.75) is 18.8 Å². The van der Waals surface area contributed by atoms with Crippen molar-refractivity contribution < 1.29 is 13.9 Å². The molecule has 0 N–H and O–H groups in total. The van der Waals surface area contributed by atoms with Crippen molar-refractivity contribution in [1.29, 1.82) is 0 Å². The molecule has 0 aliphatic carbocycles. The van der Waals surface area contributed by atoms with Crippen LogP contribution < -0.4 is 4.74 Å². The van der Waals surface area contributed by atoms with E-state index in [4.69, 9.17) is 4.74 Å². The van der Waals surface area contributed by atoms with E-state index in [2.05, 4.69) is 15.3 Å². The first kappa shape index (κ1) is 18.5. The number of halogens is 1. The van der Waals surface area contributed by atoms with Crippen LogP contribution in [-0.4, -0.2) is 51.0 Å². The van der Waals surface area contributed by atoms with E-state index in [0.717, 1.165) is 17.8 Å². The molecule has 146 valence electrons. The van der Waals surface area contributed by atoms with Gasteiger partial charge >= 0.3 is 0 Å². The van der Waals surface area contributed by atoms with Crippen LogP contribution in [-0.2, 0) is 7.05 Å². The van der Waals surface area contributed by atoms with Gasteiger partial charge in [0.1, 0.15) is 16.4 Å². The Labute approximate surface area is 165 Å². The van der Waals surface area contributed by atoms with Crippen molar-refractivity contribution >= 4 is 17.2 Å². The third kappa shape index (κ3) is 3.49. The number of rotatable bonds is 4. The van der Waals surface area contributed by atoms with Crippen molar-refractivity contribution in [3.63, 3.8) is 0 Å². The van der Waals surface area contributed by atoms with E-state index in [1.807, 2.05) is 0 Å². The van der Waals surface area contributed by atoms with Gasteiger partial charge in [0.15, 0.2) is 5.01 Å². The van der Waals surface area contributed by atoms with Crippen LogP contribution in [0.5, 0.6) is 5.88 Å². The molecule has 1 aromatic carbocycles. The number of ether oxygens (including phenoxy) is 1. The monoisotopic (exact) mass is 401 g/mol. The van der Waals surface area contributed by atoms with Gasteiger partial charge in [-0.2, -0.15) is 0 Å². The van der Waals surface area contributed by atoms with Crippen LogP contribution >= 0.6 is 11.3 Å². The molecule has 0 unspecified atom stereocenters. The molecule has 0 saturated carbocycles. The lowest BCUT2D eigenvalue weighted by atomic mass is 9.98. The Hall–Kier alpha value is -2.81. The van der Waals surface area contributed by atoms with Gasteiger partial charge < -0.3 is 9.64 Å². The molecule has 1 amide bonds. The minimum Gasteiger partial charge on any atom is -0.479 e. The number of hydrogen-bond donors (Lipinski definition) is 0. The van der Waals surface area contributed by atoms with Crippen LogP contribution in [0.3, 0.4) is 0 Å². The summed E-state index contributed by atoms with van der Waals surface area (Å²) < 4.78 is 20.8. The number of carbonyl (C=O) groups is 1. The summed E-state index contributed by atoms with van der Waals surface area (Å²) in [6.07, 6.45) is 3.46. The largest absolute Gasteiger partial charge is 0.479 e. The second kappa shape index (κ2) is 7.67. The van der Waals surface area contributed by atoms with Gasteiger partial charge in [-0.05, 0) is 25.0 Å². The minimum absolute atomic E-state index is 0.0818. The molecular weight excluding hydrogens is 381 g/mol. The summed E-state index contributed by atoms with van der Waals surface area (Å²) in [5.41, 5.74) is 0.907. The normalized spacial score (nSPS) is 17.0. The lowest BCUT2D eigenvalue weighted by molar-refractivity contribution is 0.0703. The van der Waals surface area contributed by atoms with Crippen LogP contribution in [0.2, 0.25) is 0 Å². The summed E-state index contributed by atoms with van der Waals surface area (Å²) >= 11 is 1.39. The van der Waals surface area contributed by atoms with E-state index < -0.39 is 0 Å². The number of hydrogen-bond acceptors (Lipinski definition) is 6. The summed E-state index contributed by atoms with van der Waals surface area (Å²) in [6, 6.07) is 6.55. The molecule has 0 bridgehead atoms. The Morgan fingerprint density at radius 1 is 1.32 bits per heavy atom. The highest BCUT2D eigenvalue weighted by Gasteiger charge is 2.30. The van der Waals surface area contributed by atoms with E-state index in [1.54, 1.807) is 41.0 Å². The first-order valence-electron chi connectivity index (χ1n) is 9.02. The summed E-state index contributed by atoms with van der Waals surface area (Å²) in [7, 11) is 3.26.